The van der Waals surface area contributed by atoms with Crippen LogP contribution < -0.4 is 51.9 Å². The van der Waals surface area contributed by atoms with Crippen LogP contribution in [0.2, 0.25) is 13.1 Å². The molecule has 0 fully saturated rings. The number of hydrogen-bond acceptors (Lipinski definition) is 0. The first kappa shape index (κ1) is 41.3. The maximum Gasteiger partial charge on any atom is 0.179 e. The fourth-order valence-electron chi connectivity index (χ4n) is 11.9. The molecule has 3 heteroatoms. The molecule has 12 rings (SSSR count). The summed E-state index contributed by atoms with van der Waals surface area (Å²) >= 11 is 0. The van der Waals surface area contributed by atoms with Gasteiger partial charge in [-0.25, -0.2) is 0 Å². The lowest BCUT2D eigenvalue weighted by Crippen LogP contribution is -2.74. The van der Waals surface area contributed by atoms with E-state index in [-0.39, 0.29) is 0 Å². The van der Waals surface area contributed by atoms with Crippen LogP contribution in [0.15, 0.2) is 255 Å². The van der Waals surface area contributed by atoms with E-state index >= 15 is 0 Å². The standard InChI is InChI=1S/C64H52Si3/c1-65(2,57-37-33-47-41-49-35-39-59(45-63(49)61(47)43-57)66(51-21-9-3-10-22-51,52-23-11-4-12-24-52)53-25-13-5-14-26-53)58-38-34-48-42-50-36-40-60(46-64(50)62(48)44-58)67(54-27-15-6-16-28-54,55-29-17-7-18-30-55)56-31-19-8-20-32-56/h3-40,43-46H,41-42H2,1-2H3. The first-order valence-corrected chi connectivity index (χ1v) is 30.8. The smallest absolute Gasteiger partial charge is 0.0623 e. The molecule has 10 aromatic carbocycles. The van der Waals surface area contributed by atoms with Crippen LogP contribution in [0.4, 0.5) is 0 Å². The van der Waals surface area contributed by atoms with E-state index < -0.39 is 24.2 Å². The predicted molar refractivity (Wildman–Crippen MR) is 293 cm³/mol. The van der Waals surface area contributed by atoms with Crippen molar-refractivity contribution in [2.75, 3.05) is 0 Å². The van der Waals surface area contributed by atoms with E-state index in [1.165, 1.54) is 96.4 Å². The Hall–Kier alpha value is -7.15. The van der Waals surface area contributed by atoms with Crippen molar-refractivity contribution in [3.05, 3.63) is 277 Å². The van der Waals surface area contributed by atoms with Gasteiger partial charge in [-0.05, 0) is 98.8 Å². The van der Waals surface area contributed by atoms with Gasteiger partial charge in [-0.2, -0.15) is 0 Å². The zero-order chi connectivity index (χ0) is 45.0. The van der Waals surface area contributed by atoms with Gasteiger partial charge in [-0.3, -0.25) is 0 Å². The Morgan fingerprint density at radius 3 is 0.672 bits per heavy atom. The molecule has 67 heavy (non-hydrogen) atoms. The quantitative estimate of drug-likeness (QED) is 0.0957. The second kappa shape index (κ2) is 16.6. The Labute approximate surface area is 399 Å². The Kier molecular flexibility index (Phi) is 10.2. The molecule has 320 valence electrons. The van der Waals surface area contributed by atoms with Crippen molar-refractivity contribution in [2.45, 2.75) is 25.9 Å². The molecule has 0 amide bonds. The second-order valence-electron chi connectivity index (χ2n) is 19.2. The van der Waals surface area contributed by atoms with Gasteiger partial charge >= 0.3 is 0 Å². The van der Waals surface area contributed by atoms with Gasteiger partial charge in [0.05, 0.1) is 0 Å². The lowest BCUT2D eigenvalue weighted by molar-refractivity contribution is 1.26. The van der Waals surface area contributed by atoms with Crippen LogP contribution in [0.25, 0.3) is 22.3 Å². The summed E-state index contributed by atoms with van der Waals surface area (Å²) in [6.45, 7) is 5.12. The van der Waals surface area contributed by atoms with E-state index in [4.69, 9.17) is 0 Å². The van der Waals surface area contributed by atoms with Crippen molar-refractivity contribution in [2.24, 2.45) is 0 Å². The molecule has 0 heterocycles. The van der Waals surface area contributed by atoms with E-state index in [9.17, 15) is 0 Å². The summed E-state index contributed by atoms with van der Waals surface area (Å²) < 4.78 is 0. The molecule has 0 aromatic heterocycles. The second-order valence-corrected chi connectivity index (χ2v) is 31.2. The molecular weight excluding hydrogens is 853 g/mol. The molecule has 0 atom stereocenters. The largest absolute Gasteiger partial charge is 0.179 e. The van der Waals surface area contributed by atoms with Crippen LogP contribution in [0.1, 0.15) is 22.3 Å². The average molecular weight is 905 g/mol. The molecule has 2 aliphatic rings. The molecule has 0 radical (unpaired) electrons. The van der Waals surface area contributed by atoms with Crippen LogP contribution in [0.3, 0.4) is 0 Å². The molecule has 0 saturated heterocycles. The Balaban J connectivity index is 0.964. The summed E-state index contributed by atoms with van der Waals surface area (Å²) in [7, 11) is -7.52. The summed E-state index contributed by atoms with van der Waals surface area (Å²) in [6.07, 6.45) is 1.95. The number of fused-ring (bicyclic) bond motifs is 6. The third kappa shape index (κ3) is 6.67. The summed E-state index contributed by atoms with van der Waals surface area (Å²) in [5.41, 5.74) is 11.3. The Morgan fingerprint density at radius 1 is 0.224 bits per heavy atom. The van der Waals surface area contributed by atoms with Crippen LogP contribution in [-0.4, -0.2) is 24.2 Å². The van der Waals surface area contributed by atoms with Crippen molar-refractivity contribution in [3.8, 4) is 22.3 Å². The van der Waals surface area contributed by atoms with Crippen molar-refractivity contribution < 1.29 is 0 Å². The maximum atomic E-state index is 2.59. The molecule has 0 aliphatic heterocycles. The maximum absolute atomic E-state index is 2.67. The van der Waals surface area contributed by atoms with Crippen LogP contribution in [0.5, 0.6) is 0 Å². The zero-order valence-electron chi connectivity index (χ0n) is 38.2. The number of benzene rings is 10. The third-order valence-electron chi connectivity index (χ3n) is 15.3. The van der Waals surface area contributed by atoms with Gasteiger partial charge < -0.3 is 0 Å². The summed E-state index contributed by atoms with van der Waals surface area (Å²) in [4.78, 5) is 0. The lowest BCUT2D eigenvalue weighted by atomic mass is 10.1. The van der Waals surface area contributed by atoms with E-state index in [0.717, 1.165) is 12.8 Å². The van der Waals surface area contributed by atoms with E-state index in [2.05, 4.69) is 268 Å². The summed E-state index contributed by atoms with van der Waals surface area (Å²) in [5, 5.41) is 14.3. The van der Waals surface area contributed by atoms with E-state index in [1.54, 1.807) is 0 Å². The van der Waals surface area contributed by atoms with Crippen LogP contribution in [-0.2, 0) is 12.8 Å². The molecule has 0 spiro atoms. The first-order chi connectivity index (χ1) is 33.0. The molecule has 0 unspecified atom stereocenters. The van der Waals surface area contributed by atoms with E-state index in [0.29, 0.717) is 0 Å². The monoisotopic (exact) mass is 904 g/mol. The van der Waals surface area contributed by atoms with Crippen molar-refractivity contribution >= 4 is 76.1 Å². The highest BCUT2D eigenvalue weighted by Crippen LogP contribution is 2.38. The highest BCUT2D eigenvalue weighted by molar-refractivity contribution is 7.20. The number of hydrogen-bond donors (Lipinski definition) is 0. The lowest BCUT2D eigenvalue weighted by Gasteiger charge is -2.34. The highest BCUT2D eigenvalue weighted by Gasteiger charge is 2.44. The zero-order valence-corrected chi connectivity index (χ0v) is 41.2. The topological polar surface area (TPSA) is 0 Å². The van der Waals surface area contributed by atoms with Crippen LogP contribution >= 0.6 is 0 Å². The molecular formula is C64H52Si3. The average Bonchev–Trinajstić information content (AvgIpc) is 3.96. The summed E-state index contributed by atoms with van der Waals surface area (Å²) in [6, 6.07) is 97.9. The highest BCUT2D eigenvalue weighted by atomic mass is 28.3. The fourth-order valence-corrected chi connectivity index (χ4v) is 23.8. The van der Waals surface area contributed by atoms with Gasteiger partial charge in [-0.1, -0.05) is 278 Å². The number of rotatable bonds is 10. The Bertz CT molecular complexity index is 2980. The molecule has 0 nitrogen and oxygen atoms in total. The predicted octanol–water partition coefficient (Wildman–Crippen LogP) is 8.41. The first-order valence-electron chi connectivity index (χ1n) is 23.8. The molecule has 0 N–H and O–H groups in total. The molecule has 10 aromatic rings. The fraction of sp³-hybridized carbons (Fsp3) is 0.0625. The van der Waals surface area contributed by atoms with Crippen molar-refractivity contribution in [1.29, 1.82) is 0 Å². The molecule has 2 aliphatic carbocycles. The third-order valence-corrected chi connectivity index (χ3v) is 28.4. The minimum absolute atomic E-state index is 0.974. The van der Waals surface area contributed by atoms with Crippen molar-refractivity contribution in [1.82, 2.24) is 0 Å². The summed E-state index contributed by atoms with van der Waals surface area (Å²) in [5.74, 6) is 0. The molecule has 0 bridgehead atoms. The van der Waals surface area contributed by atoms with Gasteiger partial charge in [0, 0.05) is 0 Å². The van der Waals surface area contributed by atoms with E-state index in [1.807, 2.05) is 0 Å². The van der Waals surface area contributed by atoms with Crippen molar-refractivity contribution in [3.63, 3.8) is 0 Å². The SMILES string of the molecule is C[Si](C)(c1ccc2c(c1)-c1cc([Si](c3ccccc3)(c3ccccc3)c3ccccc3)ccc1C2)c1ccc2c(c1)-c1cc([Si](c3ccccc3)(c3ccccc3)c3ccccc3)ccc1C2. The van der Waals surface area contributed by atoms with Gasteiger partial charge in [0.1, 0.15) is 8.07 Å². The van der Waals surface area contributed by atoms with Gasteiger partial charge in [0.2, 0.25) is 0 Å². The van der Waals surface area contributed by atoms with Crippen LogP contribution in [0, 0.1) is 0 Å². The Morgan fingerprint density at radius 2 is 0.433 bits per heavy atom. The molecule has 0 saturated carbocycles. The van der Waals surface area contributed by atoms with Gasteiger partial charge in [0.15, 0.2) is 16.1 Å². The normalized spacial score (nSPS) is 12.8. The minimum atomic E-state index is -2.67. The van der Waals surface area contributed by atoms with Gasteiger partial charge in [-0.15, -0.1) is 0 Å². The van der Waals surface area contributed by atoms with Gasteiger partial charge in [0.25, 0.3) is 0 Å². The minimum Gasteiger partial charge on any atom is -0.0623 e.